The molecule has 98 valence electrons. The summed E-state index contributed by atoms with van der Waals surface area (Å²) < 4.78 is 5.57. The van der Waals surface area contributed by atoms with Crippen LogP contribution in [0.3, 0.4) is 0 Å². The van der Waals surface area contributed by atoms with Gasteiger partial charge in [-0.15, -0.1) is 0 Å². The number of nitrogen functional groups attached to an aromatic ring is 1. The molecule has 0 radical (unpaired) electrons. The molecule has 0 atom stereocenters. The fourth-order valence-electron chi connectivity index (χ4n) is 1.69. The molecule has 2 aromatic rings. The van der Waals surface area contributed by atoms with E-state index in [1.54, 1.807) is 30.3 Å². The number of aldehydes is 1. The van der Waals surface area contributed by atoms with Gasteiger partial charge >= 0.3 is 0 Å². The Kier molecular flexibility index (Phi) is 4.03. The second-order valence-corrected chi connectivity index (χ2v) is 4.18. The van der Waals surface area contributed by atoms with Crippen LogP contribution in [0.25, 0.3) is 0 Å². The van der Waals surface area contributed by atoms with Gasteiger partial charge in [0.2, 0.25) is 0 Å². The van der Waals surface area contributed by atoms with Crippen LogP contribution in [0.1, 0.15) is 15.9 Å². The van der Waals surface area contributed by atoms with Crippen molar-refractivity contribution in [3.8, 4) is 11.5 Å². The number of ether oxygens (including phenoxy) is 1. The van der Waals surface area contributed by atoms with E-state index in [1.807, 2.05) is 12.1 Å². The lowest BCUT2D eigenvalue weighted by Gasteiger charge is -2.09. The highest BCUT2D eigenvalue weighted by atomic mass is 16.5. The molecule has 19 heavy (non-hydrogen) atoms. The van der Waals surface area contributed by atoms with Gasteiger partial charge < -0.3 is 15.6 Å². The Morgan fingerprint density at radius 1 is 1.16 bits per heavy atom. The fourth-order valence-corrected chi connectivity index (χ4v) is 1.69. The van der Waals surface area contributed by atoms with Gasteiger partial charge in [0.1, 0.15) is 17.8 Å². The maximum atomic E-state index is 10.7. The van der Waals surface area contributed by atoms with Crippen LogP contribution in [-0.2, 0) is 6.42 Å². The third-order valence-electron chi connectivity index (χ3n) is 2.76. The number of phenols is 1. The van der Waals surface area contributed by atoms with E-state index in [2.05, 4.69) is 0 Å². The van der Waals surface area contributed by atoms with Crippen LogP contribution < -0.4 is 10.5 Å². The SMILES string of the molecule is Nc1ccc(C=O)cc1OCCc1ccc(O)cc1. The second-order valence-electron chi connectivity index (χ2n) is 4.18. The lowest BCUT2D eigenvalue weighted by Crippen LogP contribution is -2.03. The molecular weight excluding hydrogens is 242 g/mol. The molecule has 4 heteroatoms. The Hall–Kier alpha value is -2.49. The maximum absolute atomic E-state index is 10.7. The van der Waals surface area contributed by atoms with Crippen LogP contribution in [0, 0.1) is 0 Å². The summed E-state index contributed by atoms with van der Waals surface area (Å²) in [5, 5.41) is 9.17. The van der Waals surface area contributed by atoms with Gasteiger partial charge in [0.05, 0.1) is 12.3 Å². The topological polar surface area (TPSA) is 72.6 Å². The van der Waals surface area contributed by atoms with Crippen molar-refractivity contribution in [2.45, 2.75) is 6.42 Å². The summed E-state index contributed by atoms with van der Waals surface area (Å²) in [7, 11) is 0. The van der Waals surface area contributed by atoms with E-state index in [-0.39, 0.29) is 5.75 Å². The van der Waals surface area contributed by atoms with Crippen LogP contribution >= 0.6 is 0 Å². The monoisotopic (exact) mass is 257 g/mol. The highest BCUT2D eigenvalue weighted by Crippen LogP contribution is 2.22. The van der Waals surface area contributed by atoms with E-state index in [0.717, 1.165) is 11.8 Å². The number of hydrogen-bond donors (Lipinski definition) is 2. The predicted octanol–water partition coefficient (Wildman–Crippen LogP) is 2.41. The summed E-state index contributed by atoms with van der Waals surface area (Å²) >= 11 is 0. The van der Waals surface area contributed by atoms with Gasteiger partial charge in [-0.2, -0.15) is 0 Å². The summed E-state index contributed by atoms with van der Waals surface area (Å²) in [5.74, 6) is 0.760. The summed E-state index contributed by atoms with van der Waals surface area (Å²) in [6, 6.07) is 11.9. The molecule has 0 fully saturated rings. The summed E-state index contributed by atoms with van der Waals surface area (Å²) in [6.45, 7) is 0.456. The molecule has 0 amide bonds. The van der Waals surface area contributed by atoms with Crippen LogP contribution in [0.4, 0.5) is 5.69 Å². The minimum atomic E-state index is 0.243. The van der Waals surface area contributed by atoms with Gasteiger partial charge in [0.25, 0.3) is 0 Å². The zero-order valence-corrected chi connectivity index (χ0v) is 10.4. The number of benzene rings is 2. The highest BCUT2D eigenvalue weighted by Gasteiger charge is 2.02. The van der Waals surface area contributed by atoms with E-state index < -0.39 is 0 Å². The molecule has 0 aliphatic rings. The third-order valence-corrected chi connectivity index (χ3v) is 2.76. The average molecular weight is 257 g/mol. The molecular formula is C15H15NO3. The molecule has 2 rings (SSSR count). The van der Waals surface area contributed by atoms with Crippen molar-refractivity contribution in [2.75, 3.05) is 12.3 Å². The molecule has 0 bridgehead atoms. The van der Waals surface area contributed by atoms with Crippen molar-refractivity contribution in [1.82, 2.24) is 0 Å². The van der Waals surface area contributed by atoms with E-state index in [4.69, 9.17) is 10.5 Å². The molecule has 0 aliphatic heterocycles. The first-order valence-corrected chi connectivity index (χ1v) is 5.94. The first kappa shape index (κ1) is 13.0. The Balaban J connectivity index is 1.95. The highest BCUT2D eigenvalue weighted by molar-refractivity contribution is 5.77. The molecule has 0 aliphatic carbocycles. The number of aromatic hydroxyl groups is 1. The van der Waals surface area contributed by atoms with Gasteiger partial charge in [-0.05, 0) is 35.9 Å². The molecule has 4 nitrogen and oxygen atoms in total. The van der Waals surface area contributed by atoms with Crippen molar-refractivity contribution in [3.05, 3.63) is 53.6 Å². The lowest BCUT2D eigenvalue weighted by atomic mass is 10.1. The number of anilines is 1. The maximum Gasteiger partial charge on any atom is 0.150 e. The van der Waals surface area contributed by atoms with E-state index in [1.165, 1.54) is 0 Å². The average Bonchev–Trinajstić information content (AvgIpc) is 2.43. The summed E-state index contributed by atoms with van der Waals surface area (Å²) in [5.41, 5.74) is 7.87. The number of carbonyl (C=O) groups excluding carboxylic acids is 1. The standard InChI is InChI=1S/C15H15NO3/c16-14-6-3-12(10-17)9-15(14)19-8-7-11-1-4-13(18)5-2-11/h1-6,9-10,18H,7-8,16H2. The van der Waals surface area contributed by atoms with Crippen LogP contribution in [0.2, 0.25) is 0 Å². The predicted molar refractivity (Wildman–Crippen MR) is 73.5 cm³/mol. The second kappa shape index (κ2) is 5.91. The number of hydrogen-bond acceptors (Lipinski definition) is 4. The fraction of sp³-hybridized carbons (Fsp3) is 0.133. The van der Waals surface area contributed by atoms with Crippen molar-refractivity contribution < 1.29 is 14.6 Å². The Labute approximate surface area is 111 Å². The smallest absolute Gasteiger partial charge is 0.150 e. The first-order chi connectivity index (χ1) is 9.19. The molecule has 0 saturated carbocycles. The zero-order chi connectivity index (χ0) is 13.7. The van der Waals surface area contributed by atoms with E-state index in [9.17, 15) is 9.90 Å². The number of nitrogens with two attached hydrogens (primary N) is 1. The van der Waals surface area contributed by atoms with Crippen LogP contribution in [0.15, 0.2) is 42.5 Å². The van der Waals surface area contributed by atoms with Gasteiger partial charge in [0.15, 0.2) is 0 Å². The number of carbonyl (C=O) groups is 1. The van der Waals surface area contributed by atoms with E-state index >= 15 is 0 Å². The van der Waals surface area contributed by atoms with Gasteiger partial charge in [-0.25, -0.2) is 0 Å². The van der Waals surface area contributed by atoms with Crippen LogP contribution in [-0.4, -0.2) is 18.0 Å². The number of phenolic OH excluding ortho intramolecular Hbond substituents is 1. The summed E-state index contributed by atoms with van der Waals surface area (Å²) in [4.78, 5) is 10.7. The minimum absolute atomic E-state index is 0.243. The molecule has 0 heterocycles. The Morgan fingerprint density at radius 3 is 2.58 bits per heavy atom. The van der Waals surface area contributed by atoms with Gasteiger partial charge in [-0.1, -0.05) is 12.1 Å². The Bertz CT molecular complexity index is 564. The van der Waals surface area contributed by atoms with Gasteiger partial charge in [0, 0.05) is 12.0 Å². The van der Waals surface area contributed by atoms with Crippen molar-refractivity contribution in [1.29, 1.82) is 0 Å². The zero-order valence-electron chi connectivity index (χ0n) is 10.4. The van der Waals surface area contributed by atoms with Crippen molar-refractivity contribution in [3.63, 3.8) is 0 Å². The molecule has 0 spiro atoms. The number of rotatable bonds is 5. The Morgan fingerprint density at radius 2 is 1.89 bits per heavy atom. The minimum Gasteiger partial charge on any atom is -0.508 e. The van der Waals surface area contributed by atoms with Gasteiger partial charge in [-0.3, -0.25) is 4.79 Å². The first-order valence-electron chi connectivity index (χ1n) is 5.94. The molecule has 0 saturated heterocycles. The lowest BCUT2D eigenvalue weighted by molar-refractivity contribution is 0.112. The van der Waals surface area contributed by atoms with E-state index in [0.29, 0.717) is 30.0 Å². The van der Waals surface area contributed by atoms with Crippen LogP contribution in [0.5, 0.6) is 11.5 Å². The summed E-state index contributed by atoms with van der Waals surface area (Å²) in [6.07, 6.45) is 1.46. The molecule has 3 N–H and O–H groups in total. The quantitative estimate of drug-likeness (QED) is 0.637. The van der Waals surface area contributed by atoms with Crippen molar-refractivity contribution in [2.24, 2.45) is 0 Å². The molecule has 0 aromatic heterocycles. The van der Waals surface area contributed by atoms with Crippen molar-refractivity contribution >= 4 is 12.0 Å². The third kappa shape index (κ3) is 3.48. The molecule has 0 unspecified atom stereocenters. The normalized spacial score (nSPS) is 10.1. The largest absolute Gasteiger partial charge is 0.508 e. The molecule has 2 aromatic carbocycles.